The molecule has 0 aliphatic carbocycles. The molecule has 2 aromatic rings. The van der Waals surface area contributed by atoms with Crippen molar-refractivity contribution >= 4 is 17.8 Å². The molecule has 124 valence electrons. The predicted octanol–water partition coefficient (Wildman–Crippen LogP) is 2.46. The molecule has 0 radical (unpaired) electrons. The summed E-state index contributed by atoms with van der Waals surface area (Å²) >= 11 is 0. The van der Waals surface area contributed by atoms with Crippen molar-refractivity contribution in [2.75, 3.05) is 6.61 Å². The highest BCUT2D eigenvalue weighted by Gasteiger charge is 2.20. The third-order valence-corrected chi connectivity index (χ3v) is 3.03. The second-order valence-corrected chi connectivity index (χ2v) is 4.63. The summed E-state index contributed by atoms with van der Waals surface area (Å²) in [4.78, 5) is 21.9. The zero-order valence-corrected chi connectivity index (χ0v) is 12.8. The standard InChI is InChI=1S/C16H15N3O5/c1-2-24-12-8-6-11(7-9-12)10-17-18-16(21)13-4-3-5-14(15(13)20)19(22)23/h3-10,20H,2H2,1H3,(H,18,21)/b17-10-. The highest BCUT2D eigenvalue weighted by molar-refractivity contribution is 5.98. The van der Waals surface area contributed by atoms with Crippen molar-refractivity contribution in [1.82, 2.24) is 5.43 Å². The van der Waals surface area contributed by atoms with Crippen LogP contribution in [0.1, 0.15) is 22.8 Å². The minimum atomic E-state index is -0.769. The molecule has 8 nitrogen and oxygen atoms in total. The molecule has 2 rings (SSSR count). The quantitative estimate of drug-likeness (QED) is 0.480. The van der Waals surface area contributed by atoms with Gasteiger partial charge in [-0.25, -0.2) is 5.43 Å². The zero-order valence-electron chi connectivity index (χ0n) is 12.8. The van der Waals surface area contributed by atoms with Gasteiger partial charge in [0, 0.05) is 6.07 Å². The van der Waals surface area contributed by atoms with Gasteiger partial charge in [-0.15, -0.1) is 0 Å². The van der Waals surface area contributed by atoms with Crippen LogP contribution in [0, 0.1) is 10.1 Å². The number of phenols is 1. The molecule has 2 N–H and O–H groups in total. The molecule has 0 fully saturated rings. The first kappa shape index (κ1) is 16.9. The molecule has 0 heterocycles. The van der Waals surface area contributed by atoms with Crippen LogP contribution in [0.25, 0.3) is 0 Å². The number of nitrogens with one attached hydrogen (secondary N) is 1. The van der Waals surface area contributed by atoms with Crippen LogP contribution in [-0.2, 0) is 0 Å². The molecule has 0 aliphatic heterocycles. The summed E-state index contributed by atoms with van der Waals surface area (Å²) in [6.45, 7) is 2.45. The largest absolute Gasteiger partial charge is 0.502 e. The lowest BCUT2D eigenvalue weighted by Crippen LogP contribution is -2.18. The number of carbonyl (C=O) groups excluding carboxylic acids is 1. The minimum absolute atomic E-state index is 0.229. The molecule has 0 bridgehead atoms. The predicted molar refractivity (Wildman–Crippen MR) is 87.4 cm³/mol. The Labute approximate surface area is 137 Å². The van der Waals surface area contributed by atoms with Crippen LogP contribution in [0.3, 0.4) is 0 Å². The number of hydrogen-bond donors (Lipinski definition) is 2. The summed E-state index contributed by atoms with van der Waals surface area (Å²) < 4.78 is 5.31. The number of nitrogens with zero attached hydrogens (tertiary/aromatic N) is 2. The molecule has 0 atom stereocenters. The first-order valence-corrected chi connectivity index (χ1v) is 7.05. The van der Waals surface area contributed by atoms with Crippen LogP contribution >= 0.6 is 0 Å². The molecule has 0 saturated heterocycles. The average Bonchev–Trinajstić information content (AvgIpc) is 2.56. The van der Waals surface area contributed by atoms with E-state index in [4.69, 9.17) is 4.74 Å². The number of hydrogen-bond acceptors (Lipinski definition) is 6. The van der Waals surface area contributed by atoms with E-state index in [9.17, 15) is 20.0 Å². The number of amides is 1. The highest BCUT2D eigenvalue weighted by Crippen LogP contribution is 2.28. The average molecular weight is 329 g/mol. The van der Waals surface area contributed by atoms with Crippen molar-refractivity contribution in [2.24, 2.45) is 5.10 Å². The number of phenolic OH excluding ortho intramolecular Hbond substituents is 1. The number of hydrazone groups is 1. The van der Waals surface area contributed by atoms with E-state index in [1.54, 1.807) is 24.3 Å². The maximum absolute atomic E-state index is 11.9. The summed E-state index contributed by atoms with van der Waals surface area (Å²) in [6, 6.07) is 10.7. The Balaban J connectivity index is 2.05. The summed E-state index contributed by atoms with van der Waals surface area (Å²) in [5, 5.41) is 24.3. The van der Waals surface area contributed by atoms with E-state index in [0.717, 1.165) is 17.4 Å². The minimum Gasteiger partial charge on any atom is -0.502 e. The summed E-state index contributed by atoms with van der Waals surface area (Å²) in [5.74, 6) is -0.727. The van der Waals surface area contributed by atoms with E-state index >= 15 is 0 Å². The Kier molecular flexibility index (Phi) is 5.45. The van der Waals surface area contributed by atoms with Crippen molar-refractivity contribution in [3.05, 3.63) is 63.7 Å². The van der Waals surface area contributed by atoms with Crippen molar-refractivity contribution in [3.63, 3.8) is 0 Å². The molecule has 1 amide bonds. The third-order valence-electron chi connectivity index (χ3n) is 3.03. The van der Waals surface area contributed by atoms with Crippen molar-refractivity contribution in [2.45, 2.75) is 6.92 Å². The molecule has 0 spiro atoms. The Hall–Kier alpha value is -3.42. The zero-order chi connectivity index (χ0) is 17.5. The fraction of sp³-hybridized carbons (Fsp3) is 0.125. The number of carbonyl (C=O) groups is 1. The fourth-order valence-electron chi connectivity index (χ4n) is 1.90. The van der Waals surface area contributed by atoms with Crippen LogP contribution in [0.5, 0.6) is 11.5 Å². The van der Waals surface area contributed by atoms with Gasteiger partial charge < -0.3 is 9.84 Å². The lowest BCUT2D eigenvalue weighted by atomic mass is 10.1. The number of para-hydroxylation sites is 1. The van der Waals surface area contributed by atoms with Gasteiger partial charge >= 0.3 is 5.69 Å². The lowest BCUT2D eigenvalue weighted by Gasteiger charge is -2.04. The van der Waals surface area contributed by atoms with E-state index in [1.165, 1.54) is 18.3 Å². The van der Waals surface area contributed by atoms with Crippen molar-refractivity contribution < 1.29 is 19.6 Å². The molecular formula is C16H15N3O5. The molecule has 24 heavy (non-hydrogen) atoms. The van der Waals surface area contributed by atoms with Gasteiger partial charge in [0.05, 0.1) is 23.3 Å². The van der Waals surface area contributed by atoms with Gasteiger partial charge in [0.1, 0.15) is 5.75 Å². The van der Waals surface area contributed by atoms with Gasteiger partial charge in [-0.3, -0.25) is 14.9 Å². The smallest absolute Gasteiger partial charge is 0.311 e. The fourth-order valence-corrected chi connectivity index (χ4v) is 1.90. The van der Waals surface area contributed by atoms with Gasteiger partial charge in [0.25, 0.3) is 5.91 Å². The van der Waals surface area contributed by atoms with Crippen LogP contribution in [0.15, 0.2) is 47.6 Å². The number of ether oxygens (including phenoxy) is 1. The molecule has 0 aromatic heterocycles. The lowest BCUT2D eigenvalue weighted by molar-refractivity contribution is -0.385. The van der Waals surface area contributed by atoms with Crippen LogP contribution < -0.4 is 10.2 Å². The Morgan fingerprint density at radius 3 is 2.67 bits per heavy atom. The van der Waals surface area contributed by atoms with E-state index in [0.29, 0.717) is 6.61 Å². The highest BCUT2D eigenvalue weighted by atomic mass is 16.6. The first-order valence-electron chi connectivity index (χ1n) is 7.05. The van der Waals surface area contributed by atoms with Gasteiger partial charge in [-0.2, -0.15) is 5.10 Å². The van der Waals surface area contributed by atoms with E-state index < -0.39 is 22.3 Å². The Morgan fingerprint density at radius 1 is 1.33 bits per heavy atom. The molecule has 0 unspecified atom stereocenters. The Morgan fingerprint density at radius 2 is 2.04 bits per heavy atom. The van der Waals surface area contributed by atoms with E-state index in [-0.39, 0.29) is 5.56 Å². The summed E-state index contributed by atoms with van der Waals surface area (Å²) in [6.07, 6.45) is 1.40. The normalized spacial score (nSPS) is 10.5. The maximum Gasteiger partial charge on any atom is 0.311 e. The second-order valence-electron chi connectivity index (χ2n) is 4.63. The molecule has 2 aromatic carbocycles. The molecule has 0 saturated carbocycles. The van der Waals surface area contributed by atoms with Gasteiger partial charge in [-0.1, -0.05) is 6.07 Å². The number of benzene rings is 2. The third kappa shape index (κ3) is 4.07. The van der Waals surface area contributed by atoms with Gasteiger partial charge in [0.15, 0.2) is 0 Å². The second kappa shape index (κ2) is 7.73. The van der Waals surface area contributed by atoms with Crippen molar-refractivity contribution in [1.29, 1.82) is 0 Å². The monoisotopic (exact) mass is 329 g/mol. The number of nitro groups is 1. The number of rotatable bonds is 6. The van der Waals surface area contributed by atoms with Crippen LogP contribution in [0.4, 0.5) is 5.69 Å². The summed E-state index contributed by atoms with van der Waals surface area (Å²) in [7, 11) is 0. The number of aromatic hydroxyl groups is 1. The van der Waals surface area contributed by atoms with Gasteiger partial charge in [0.2, 0.25) is 5.75 Å². The van der Waals surface area contributed by atoms with E-state index in [1.807, 2.05) is 6.92 Å². The Bertz CT molecular complexity index is 772. The first-order chi connectivity index (χ1) is 11.5. The van der Waals surface area contributed by atoms with Gasteiger partial charge in [-0.05, 0) is 42.8 Å². The topological polar surface area (TPSA) is 114 Å². The summed E-state index contributed by atoms with van der Waals surface area (Å²) in [5.41, 5.74) is 2.16. The van der Waals surface area contributed by atoms with Crippen LogP contribution in [-0.4, -0.2) is 28.8 Å². The van der Waals surface area contributed by atoms with Crippen LogP contribution in [0.2, 0.25) is 0 Å². The maximum atomic E-state index is 11.9. The molecule has 0 aliphatic rings. The molecular weight excluding hydrogens is 314 g/mol. The molecule has 8 heteroatoms. The van der Waals surface area contributed by atoms with E-state index in [2.05, 4.69) is 10.5 Å². The number of nitro benzene ring substituents is 1. The SMILES string of the molecule is CCOc1ccc(/C=N\NC(=O)c2cccc([N+](=O)[O-])c2O)cc1. The van der Waals surface area contributed by atoms with Crippen molar-refractivity contribution in [3.8, 4) is 11.5 Å².